The van der Waals surface area contributed by atoms with Crippen molar-refractivity contribution in [3.05, 3.63) is 97.9 Å². The monoisotopic (exact) mass is 566 g/mol. The summed E-state index contributed by atoms with van der Waals surface area (Å²) in [6.07, 6.45) is 0.287. The number of benzene rings is 3. The molecular weight excluding hydrogens is 542 g/mol. The lowest BCUT2D eigenvalue weighted by Crippen LogP contribution is -2.52. The first-order chi connectivity index (χ1) is 17.2. The van der Waals surface area contributed by atoms with Gasteiger partial charge in [0.25, 0.3) is 5.91 Å². The van der Waals surface area contributed by atoms with E-state index in [1.165, 1.54) is 11.0 Å². The Bertz CT molecular complexity index is 1180. The molecule has 0 radical (unpaired) electrons. The second-order valence-corrected chi connectivity index (χ2v) is 10.1. The van der Waals surface area contributed by atoms with Crippen LogP contribution in [0.5, 0.6) is 5.75 Å². The standard InChI is InChI=1S/C27H26Cl4N2O3/c1-17(2)32-27(35)24(13-18-7-4-3-5-8-18)33(15-20-21(29)9-6-10-22(20)30)26(34)16-36-25-12-11-19(28)14-23(25)31/h3-12,14,17,24H,13,15-16H2,1-2H3,(H,32,35)/t24-/m0/s1. The van der Waals surface area contributed by atoms with Crippen molar-refractivity contribution in [2.24, 2.45) is 0 Å². The fourth-order valence-corrected chi connectivity index (χ4v) is 4.58. The van der Waals surface area contributed by atoms with E-state index in [1.807, 2.05) is 44.2 Å². The summed E-state index contributed by atoms with van der Waals surface area (Å²) in [6.45, 7) is 3.38. The normalized spacial score (nSPS) is 11.8. The number of nitrogens with zero attached hydrogens (tertiary/aromatic N) is 1. The Hall–Kier alpha value is -2.44. The highest BCUT2D eigenvalue weighted by Crippen LogP contribution is 2.29. The van der Waals surface area contributed by atoms with Crippen LogP contribution in [0.1, 0.15) is 25.0 Å². The number of ether oxygens (including phenoxy) is 1. The van der Waals surface area contributed by atoms with Gasteiger partial charge in [0.05, 0.1) is 5.02 Å². The first-order valence-corrected chi connectivity index (χ1v) is 12.8. The number of nitrogens with one attached hydrogen (secondary N) is 1. The number of amides is 2. The van der Waals surface area contributed by atoms with Gasteiger partial charge < -0.3 is 15.0 Å². The quantitative estimate of drug-likeness (QED) is 0.291. The van der Waals surface area contributed by atoms with Crippen molar-refractivity contribution < 1.29 is 14.3 Å². The molecule has 3 aromatic carbocycles. The summed E-state index contributed by atoms with van der Waals surface area (Å²) >= 11 is 25.0. The van der Waals surface area contributed by atoms with Crippen molar-refractivity contribution in [1.29, 1.82) is 0 Å². The van der Waals surface area contributed by atoms with Crippen LogP contribution in [0.25, 0.3) is 0 Å². The van der Waals surface area contributed by atoms with E-state index >= 15 is 0 Å². The van der Waals surface area contributed by atoms with E-state index in [1.54, 1.807) is 30.3 Å². The first-order valence-electron chi connectivity index (χ1n) is 11.3. The van der Waals surface area contributed by atoms with E-state index in [-0.39, 0.29) is 36.5 Å². The summed E-state index contributed by atoms with van der Waals surface area (Å²) < 4.78 is 5.71. The SMILES string of the molecule is CC(C)NC(=O)[C@H](Cc1ccccc1)N(Cc1c(Cl)cccc1Cl)C(=O)COc1ccc(Cl)cc1Cl. The molecule has 5 nitrogen and oxygen atoms in total. The molecule has 36 heavy (non-hydrogen) atoms. The molecule has 190 valence electrons. The molecule has 1 N–H and O–H groups in total. The summed E-state index contributed by atoms with van der Waals surface area (Å²) in [7, 11) is 0. The van der Waals surface area contributed by atoms with Crippen LogP contribution in [-0.4, -0.2) is 35.4 Å². The Morgan fingerprint density at radius 1 is 0.889 bits per heavy atom. The lowest BCUT2D eigenvalue weighted by atomic mass is 10.0. The zero-order valence-electron chi connectivity index (χ0n) is 19.8. The Kier molecular flexibility index (Phi) is 10.3. The van der Waals surface area contributed by atoms with Crippen LogP contribution in [0.15, 0.2) is 66.7 Å². The molecule has 0 aromatic heterocycles. The van der Waals surface area contributed by atoms with Crippen molar-refractivity contribution in [1.82, 2.24) is 10.2 Å². The third-order valence-electron chi connectivity index (χ3n) is 5.34. The molecule has 0 spiro atoms. The Morgan fingerprint density at radius 3 is 2.17 bits per heavy atom. The number of carbonyl (C=O) groups excluding carboxylic acids is 2. The highest BCUT2D eigenvalue weighted by Gasteiger charge is 2.32. The molecular formula is C27H26Cl4N2O3. The van der Waals surface area contributed by atoms with Crippen LogP contribution < -0.4 is 10.1 Å². The molecule has 9 heteroatoms. The van der Waals surface area contributed by atoms with Gasteiger partial charge in [-0.2, -0.15) is 0 Å². The summed E-state index contributed by atoms with van der Waals surface area (Å²) in [5, 5.41) is 4.43. The van der Waals surface area contributed by atoms with Gasteiger partial charge in [0.1, 0.15) is 11.8 Å². The second kappa shape index (κ2) is 13.2. The lowest BCUT2D eigenvalue weighted by molar-refractivity contribution is -0.143. The third-order valence-corrected chi connectivity index (χ3v) is 6.58. The highest BCUT2D eigenvalue weighted by molar-refractivity contribution is 6.36. The molecule has 0 aliphatic rings. The molecule has 1 atom stereocenters. The van der Waals surface area contributed by atoms with Gasteiger partial charge in [0.15, 0.2) is 6.61 Å². The smallest absolute Gasteiger partial charge is 0.261 e. The molecule has 0 saturated heterocycles. The fraction of sp³-hybridized carbons (Fsp3) is 0.259. The molecule has 2 amide bonds. The van der Waals surface area contributed by atoms with E-state index < -0.39 is 11.9 Å². The van der Waals surface area contributed by atoms with Crippen molar-refractivity contribution in [2.75, 3.05) is 6.61 Å². The van der Waals surface area contributed by atoms with E-state index in [9.17, 15) is 9.59 Å². The fourth-order valence-electron chi connectivity index (χ4n) is 3.60. The number of hydrogen-bond acceptors (Lipinski definition) is 3. The topological polar surface area (TPSA) is 58.6 Å². The van der Waals surface area contributed by atoms with Crippen LogP contribution in [0.2, 0.25) is 20.1 Å². The van der Waals surface area contributed by atoms with E-state index in [0.717, 1.165) is 5.56 Å². The maximum atomic E-state index is 13.6. The van der Waals surface area contributed by atoms with Gasteiger partial charge in [-0.15, -0.1) is 0 Å². The van der Waals surface area contributed by atoms with E-state index in [4.69, 9.17) is 51.1 Å². The van der Waals surface area contributed by atoms with Crippen LogP contribution in [0, 0.1) is 0 Å². The number of rotatable bonds is 10. The second-order valence-electron chi connectivity index (χ2n) is 8.45. The maximum Gasteiger partial charge on any atom is 0.261 e. The molecule has 0 fully saturated rings. The van der Waals surface area contributed by atoms with Crippen LogP contribution in [-0.2, 0) is 22.6 Å². The Morgan fingerprint density at radius 2 is 1.56 bits per heavy atom. The van der Waals surface area contributed by atoms with E-state index in [0.29, 0.717) is 26.4 Å². The lowest BCUT2D eigenvalue weighted by Gasteiger charge is -2.32. The van der Waals surface area contributed by atoms with Gasteiger partial charge in [-0.3, -0.25) is 9.59 Å². The largest absolute Gasteiger partial charge is 0.482 e. The summed E-state index contributed by atoms with van der Waals surface area (Å²) in [4.78, 5) is 28.4. The summed E-state index contributed by atoms with van der Waals surface area (Å²) in [6, 6.07) is 18.3. The minimum absolute atomic E-state index is 0.0120. The van der Waals surface area contributed by atoms with Crippen molar-refractivity contribution in [2.45, 2.75) is 38.9 Å². The molecule has 0 aliphatic heterocycles. The average Bonchev–Trinajstić information content (AvgIpc) is 2.82. The van der Waals surface area contributed by atoms with Crippen LogP contribution in [0.3, 0.4) is 0 Å². The highest BCUT2D eigenvalue weighted by atomic mass is 35.5. The molecule has 0 aliphatic carbocycles. The predicted octanol–water partition coefficient (Wildman–Crippen LogP) is 6.84. The van der Waals surface area contributed by atoms with Gasteiger partial charge >= 0.3 is 0 Å². The van der Waals surface area contributed by atoms with Gasteiger partial charge in [-0.25, -0.2) is 0 Å². The van der Waals surface area contributed by atoms with Gasteiger partial charge in [-0.05, 0) is 49.7 Å². The molecule has 0 unspecified atom stereocenters. The Balaban J connectivity index is 1.97. The maximum absolute atomic E-state index is 13.6. The summed E-state index contributed by atoms with van der Waals surface area (Å²) in [5.74, 6) is -0.428. The third kappa shape index (κ3) is 7.78. The van der Waals surface area contributed by atoms with Crippen molar-refractivity contribution in [3.8, 4) is 5.75 Å². The number of halogens is 4. The molecule has 3 aromatic rings. The minimum atomic E-state index is -0.848. The summed E-state index contributed by atoms with van der Waals surface area (Å²) in [5.41, 5.74) is 1.43. The van der Waals surface area contributed by atoms with Crippen molar-refractivity contribution >= 4 is 58.2 Å². The Labute approximate surface area is 231 Å². The minimum Gasteiger partial charge on any atom is -0.482 e. The number of hydrogen-bond donors (Lipinski definition) is 1. The van der Waals surface area contributed by atoms with Gasteiger partial charge in [-0.1, -0.05) is 82.8 Å². The molecule has 0 bridgehead atoms. The van der Waals surface area contributed by atoms with Gasteiger partial charge in [0.2, 0.25) is 5.91 Å². The molecule has 3 rings (SSSR count). The number of carbonyl (C=O) groups is 2. The average molecular weight is 568 g/mol. The molecule has 0 saturated carbocycles. The first kappa shape index (κ1) is 28.1. The zero-order chi connectivity index (χ0) is 26.2. The molecule has 0 heterocycles. The van der Waals surface area contributed by atoms with E-state index in [2.05, 4.69) is 5.32 Å². The zero-order valence-corrected chi connectivity index (χ0v) is 22.8. The van der Waals surface area contributed by atoms with Crippen LogP contribution >= 0.6 is 46.4 Å². The van der Waals surface area contributed by atoms with Crippen LogP contribution in [0.4, 0.5) is 0 Å². The predicted molar refractivity (Wildman–Crippen MR) is 146 cm³/mol. The van der Waals surface area contributed by atoms with Crippen molar-refractivity contribution in [3.63, 3.8) is 0 Å². The van der Waals surface area contributed by atoms with Gasteiger partial charge in [0, 0.05) is 39.6 Å².